The minimum Gasteiger partial charge on any atom is -0.478 e. The maximum Gasteiger partial charge on any atom is 0.373 e. The Labute approximate surface area is 191 Å². The number of methoxy groups -OCH3 is 2. The first-order chi connectivity index (χ1) is 15.2. The summed E-state index contributed by atoms with van der Waals surface area (Å²) in [7, 11) is 2.46. The molecule has 1 aliphatic heterocycles. The fraction of sp³-hybridized carbons (Fsp3) is 0.238. The first-order valence-electron chi connectivity index (χ1n) is 9.29. The molecule has 1 N–H and O–H groups in total. The minimum atomic E-state index is -0.883. The van der Waals surface area contributed by atoms with Crippen LogP contribution in [0.5, 0.6) is 5.75 Å². The van der Waals surface area contributed by atoms with E-state index in [2.05, 4.69) is 30.7 Å². The molecule has 1 aromatic carbocycles. The van der Waals surface area contributed by atoms with Crippen LogP contribution in [0.1, 0.15) is 28.8 Å². The number of rotatable bonds is 7. The summed E-state index contributed by atoms with van der Waals surface area (Å²) in [6, 6.07) is 7.21. The summed E-state index contributed by atoms with van der Waals surface area (Å²) in [6.45, 7) is 1.35. The molecule has 11 heteroatoms. The number of carbonyl (C=O) groups excluding carboxylic acids is 4. The molecule has 0 unspecified atom stereocenters. The number of hydrogen-bond acceptors (Lipinski definition) is 8. The first kappa shape index (κ1) is 23.1. The van der Waals surface area contributed by atoms with Crippen LogP contribution in [0.15, 0.2) is 44.9 Å². The Kier molecular flexibility index (Phi) is 6.98. The highest BCUT2D eigenvalue weighted by Gasteiger charge is 2.34. The Morgan fingerprint density at radius 1 is 1.19 bits per heavy atom. The number of imide groups is 1. The van der Waals surface area contributed by atoms with Crippen LogP contribution in [0.4, 0.5) is 4.79 Å². The number of urea groups is 1. The quantitative estimate of drug-likeness (QED) is 0.345. The Hall–Kier alpha value is -3.60. The average Bonchev–Trinajstić information content (AvgIpc) is 3.34. The first-order valence-corrected chi connectivity index (χ1v) is 10.1. The van der Waals surface area contributed by atoms with Crippen LogP contribution in [0.2, 0.25) is 0 Å². The van der Waals surface area contributed by atoms with Gasteiger partial charge in [-0.3, -0.25) is 9.69 Å². The largest absolute Gasteiger partial charge is 0.478 e. The number of nitrogens with zero attached hydrogens (tertiary/aromatic N) is 1. The van der Waals surface area contributed by atoms with E-state index in [0.717, 1.165) is 4.90 Å². The number of esters is 2. The van der Waals surface area contributed by atoms with Gasteiger partial charge in [0.15, 0.2) is 6.10 Å². The van der Waals surface area contributed by atoms with Crippen LogP contribution in [-0.2, 0) is 25.6 Å². The highest BCUT2D eigenvalue weighted by molar-refractivity contribution is 9.10. The van der Waals surface area contributed by atoms with Crippen LogP contribution in [-0.4, -0.2) is 49.1 Å². The van der Waals surface area contributed by atoms with Gasteiger partial charge in [0.25, 0.3) is 5.91 Å². The van der Waals surface area contributed by atoms with Crippen LogP contribution < -0.4 is 10.1 Å². The second kappa shape index (κ2) is 9.69. The molecule has 168 valence electrons. The van der Waals surface area contributed by atoms with Gasteiger partial charge in [0, 0.05) is 10.0 Å². The smallest absolute Gasteiger partial charge is 0.373 e. The van der Waals surface area contributed by atoms with Gasteiger partial charge in [-0.05, 0) is 43.3 Å². The summed E-state index contributed by atoms with van der Waals surface area (Å²) < 4.78 is 20.9. The number of furan rings is 1. The standard InChI is InChI=1S/C21H19BrN2O8/c1-11(19(26)29-2)31-16-6-4-13(22)8-12(16)9-15-18(25)24(21(28)23-15)10-14-5-7-17(32-14)20(27)30-3/h4-9,11H,10H2,1-3H3,(H,23,28)/b15-9-/t11-/m1/s1. The number of ether oxygens (including phenoxy) is 3. The molecular formula is C21H19BrN2O8. The van der Waals surface area contributed by atoms with E-state index in [9.17, 15) is 19.2 Å². The molecular weight excluding hydrogens is 488 g/mol. The molecule has 3 rings (SSSR count). The second-order valence-electron chi connectivity index (χ2n) is 6.60. The van der Waals surface area contributed by atoms with Gasteiger partial charge in [0.05, 0.1) is 20.8 Å². The molecule has 0 saturated carbocycles. The van der Waals surface area contributed by atoms with Crippen LogP contribution >= 0.6 is 15.9 Å². The summed E-state index contributed by atoms with van der Waals surface area (Å²) in [5, 5.41) is 2.50. The van der Waals surface area contributed by atoms with E-state index in [0.29, 0.717) is 15.8 Å². The molecule has 1 saturated heterocycles. The van der Waals surface area contributed by atoms with Gasteiger partial charge < -0.3 is 23.9 Å². The van der Waals surface area contributed by atoms with Crippen LogP contribution in [0.3, 0.4) is 0 Å². The number of amides is 3. The summed E-state index contributed by atoms with van der Waals surface area (Å²) in [5.41, 5.74) is 0.454. The van der Waals surface area contributed by atoms with Crippen molar-refractivity contribution in [2.24, 2.45) is 0 Å². The number of nitrogens with one attached hydrogen (secondary N) is 1. The third kappa shape index (κ3) is 4.99. The summed E-state index contributed by atoms with van der Waals surface area (Å²) in [5.74, 6) is -1.33. The molecule has 0 spiro atoms. The Balaban J connectivity index is 1.82. The Bertz CT molecular complexity index is 1110. The van der Waals surface area contributed by atoms with Crippen molar-refractivity contribution in [3.05, 3.63) is 57.6 Å². The predicted molar refractivity (Wildman–Crippen MR) is 113 cm³/mol. The number of hydrogen-bond donors (Lipinski definition) is 1. The van der Waals surface area contributed by atoms with Gasteiger partial charge in [-0.2, -0.15) is 0 Å². The lowest BCUT2D eigenvalue weighted by molar-refractivity contribution is -0.147. The maximum atomic E-state index is 12.8. The molecule has 2 heterocycles. The second-order valence-corrected chi connectivity index (χ2v) is 7.52. The van der Waals surface area contributed by atoms with Crippen molar-refractivity contribution in [2.45, 2.75) is 19.6 Å². The van der Waals surface area contributed by atoms with E-state index in [1.165, 1.54) is 39.4 Å². The number of halogens is 1. The third-order valence-electron chi connectivity index (χ3n) is 4.43. The Morgan fingerprint density at radius 3 is 2.62 bits per heavy atom. The van der Waals surface area contributed by atoms with Crippen molar-refractivity contribution in [3.8, 4) is 5.75 Å². The average molecular weight is 507 g/mol. The van der Waals surface area contributed by atoms with Gasteiger partial charge in [0.1, 0.15) is 17.2 Å². The van der Waals surface area contributed by atoms with Crippen molar-refractivity contribution in [1.82, 2.24) is 10.2 Å². The van der Waals surface area contributed by atoms with Crippen molar-refractivity contribution >= 4 is 45.9 Å². The summed E-state index contributed by atoms with van der Waals surface area (Å²) >= 11 is 3.35. The molecule has 1 atom stereocenters. The van der Waals surface area contributed by atoms with Crippen LogP contribution in [0, 0.1) is 0 Å². The van der Waals surface area contributed by atoms with Crippen molar-refractivity contribution in [2.75, 3.05) is 14.2 Å². The lowest BCUT2D eigenvalue weighted by Gasteiger charge is -2.15. The molecule has 32 heavy (non-hydrogen) atoms. The predicted octanol–water partition coefficient (Wildman–Crippen LogP) is 2.86. The van der Waals surface area contributed by atoms with Gasteiger partial charge in [-0.25, -0.2) is 14.4 Å². The molecule has 0 aliphatic carbocycles. The molecule has 0 bridgehead atoms. The number of carbonyl (C=O) groups is 4. The van der Waals surface area contributed by atoms with Gasteiger partial charge in [-0.1, -0.05) is 15.9 Å². The fourth-order valence-electron chi connectivity index (χ4n) is 2.84. The summed E-state index contributed by atoms with van der Waals surface area (Å²) in [4.78, 5) is 49.3. The molecule has 1 fully saturated rings. The molecule has 3 amide bonds. The molecule has 1 aromatic heterocycles. The van der Waals surface area contributed by atoms with Crippen LogP contribution in [0.25, 0.3) is 6.08 Å². The van der Waals surface area contributed by atoms with E-state index in [-0.39, 0.29) is 23.8 Å². The third-order valence-corrected chi connectivity index (χ3v) is 4.93. The topological polar surface area (TPSA) is 124 Å². The van der Waals surface area contributed by atoms with E-state index in [1.807, 2.05) is 0 Å². The molecule has 10 nitrogen and oxygen atoms in total. The van der Waals surface area contributed by atoms with Crippen molar-refractivity contribution in [1.29, 1.82) is 0 Å². The lowest BCUT2D eigenvalue weighted by atomic mass is 10.1. The zero-order chi connectivity index (χ0) is 23.4. The maximum absolute atomic E-state index is 12.8. The lowest BCUT2D eigenvalue weighted by Crippen LogP contribution is -2.30. The molecule has 1 aliphatic rings. The van der Waals surface area contributed by atoms with E-state index >= 15 is 0 Å². The zero-order valence-electron chi connectivity index (χ0n) is 17.3. The van der Waals surface area contributed by atoms with Crippen molar-refractivity contribution in [3.63, 3.8) is 0 Å². The minimum absolute atomic E-state index is 0.00317. The highest BCUT2D eigenvalue weighted by atomic mass is 79.9. The Morgan fingerprint density at radius 2 is 1.94 bits per heavy atom. The van der Waals surface area contributed by atoms with E-state index < -0.39 is 30.0 Å². The normalized spacial score (nSPS) is 15.5. The molecule has 2 aromatic rings. The fourth-order valence-corrected chi connectivity index (χ4v) is 3.22. The monoisotopic (exact) mass is 506 g/mol. The number of benzene rings is 1. The van der Waals surface area contributed by atoms with Gasteiger partial charge in [0.2, 0.25) is 5.76 Å². The zero-order valence-corrected chi connectivity index (χ0v) is 18.9. The van der Waals surface area contributed by atoms with E-state index in [4.69, 9.17) is 9.15 Å². The summed E-state index contributed by atoms with van der Waals surface area (Å²) in [6.07, 6.45) is 0.554. The van der Waals surface area contributed by atoms with Gasteiger partial charge in [-0.15, -0.1) is 0 Å². The SMILES string of the molecule is COC(=O)c1ccc(CN2C(=O)N/C(=C\c3cc(Br)ccc3O[C@H](C)C(=O)OC)C2=O)o1. The van der Waals surface area contributed by atoms with Crippen molar-refractivity contribution < 1.29 is 37.8 Å². The van der Waals surface area contributed by atoms with E-state index in [1.54, 1.807) is 18.2 Å². The van der Waals surface area contributed by atoms with Gasteiger partial charge >= 0.3 is 18.0 Å². The highest BCUT2D eigenvalue weighted by Crippen LogP contribution is 2.28. The molecule has 0 radical (unpaired) electrons.